The molecule has 19 heavy (non-hydrogen) atoms. The maximum Gasteiger partial charge on any atom is 0.0850 e. The quantitative estimate of drug-likeness (QED) is 0.922. The lowest BCUT2D eigenvalue weighted by molar-refractivity contribution is 0.0735. The summed E-state index contributed by atoms with van der Waals surface area (Å²) in [6, 6.07) is 0. The zero-order chi connectivity index (χ0) is 13.6. The molecule has 1 aromatic heterocycles. The molecule has 0 spiro atoms. The molecule has 0 aromatic carbocycles. The predicted molar refractivity (Wildman–Crippen MR) is 76.2 cm³/mol. The number of hydrogen-bond donors (Lipinski definition) is 1. The molecule has 2 aliphatic rings. The van der Waals surface area contributed by atoms with Gasteiger partial charge in [0.05, 0.1) is 22.5 Å². The molecular weight excluding hydrogens is 260 g/mol. The Kier molecular flexibility index (Phi) is 3.61. The van der Waals surface area contributed by atoms with Crippen molar-refractivity contribution in [3.05, 3.63) is 16.4 Å². The number of hydrogen-bond acceptors (Lipinski definition) is 2. The first-order valence-corrected chi connectivity index (χ1v) is 7.86. The molecule has 2 fully saturated rings. The van der Waals surface area contributed by atoms with Crippen molar-refractivity contribution in [3.63, 3.8) is 0 Å². The second kappa shape index (κ2) is 5.10. The standard InChI is InChI=1S/C15H23ClN2O/c1-3-12-15(16)13(18(2)17-12)8-14(19)11-7-9-4-5-10(11)6-9/h9-11,14,19H,3-8H2,1-2H3. The molecule has 2 saturated carbocycles. The van der Waals surface area contributed by atoms with Crippen LogP contribution in [-0.2, 0) is 19.9 Å². The molecule has 1 aromatic rings. The highest BCUT2D eigenvalue weighted by molar-refractivity contribution is 6.31. The monoisotopic (exact) mass is 282 g/mol. The summed E-state index contributed by atoms with van der Waals surface area (Å²) in [6.45, 7) is 2.06. The molecule has 4 unspecified atom stereocenters. The third kappa shape index (κ3) is 2.31. The average molecular weight is 283 g/mol. The minimum atomic E-state index is -0.257. The Bertz CT molecular complexity index is 471. The molecule has 4 heteroatoms. The lowest BCUT2D eigenvalue weighted by atomic mass is 9.83. The van der Waals surface area contributed by atoms with Crippen LogP contribution in [0.2, 0.25) is 5.02 Å². The van der Waals surface area contributed by atoms with Crippen LogP contribution in [-0.4, -0.2) is 21.0 Å². The Morgan fingerprint density at radius 3 is 2.74 bits per heavy atom. The van der Waals surface area contributed by atoms with E-state index in [9.17, 15) is 5.11 Å². The lowest BCUT2D eigenvalue weighted by Crippen LogP contribution is -2.28. The maximum absolute atomic E-state index is 10.6. The number of aryl methyl sites for hydroxylation is 2. The summed E-state index contributed by atoms with van der Waals surface area (Å²) in [7, 11) is 1.92. The van der Waals surface area contributed by atoms with E-state index >= 15 is 0 Å². The summed E-state index contributed by atoms with van der Waals surface area (Å²) in [5.41, 5.74) is 1.94. The van der Waals surface area contributed by atoms with Crippen LogP contribution in [0.5, 0.6) is 0 Å². The van der Waals surface area contributed by atoms with E-state index < -0.39 is 0 Å². The topological polar surface area (TPSA) is 38.0 Å². The van der Waals surface area contributed by atoms with Crippen molar-refractivity contribution in [1.29, 1.82) is 0 Å². The van der Waals surface area contributed by atoms with Crippen molar-refractivity contribution < 1.29 is 5.11 Å². The van der Waals surface area contributed by atoms with Gasteiger partial charge in [-0.25, -0.2) is 0 Å². The van der Waals surface area contributed by atoms with E-state index in [1.54, 1.807) is 0 Å². The Morgan fingerprint density at radius 2 is 2.21 bits per heavy atom. The molecular formula is C15H23ClN2O. The summed E-state index contributed by atoms with van der Waals surface area (Å²) in [5.74, 6) is 2.10. The van der Waals surface area contributed by atoms with E-state index in [0.717, 1.165) is 34.7 Å². The van der Waals surface area contributed by atoms with Gasteiger partial charge in [0, 0.05) is 13.5 Å². The van der Waals surface area contributed by atoms with Gasteiger partial charge < -0.3 is 5.11 Å². The minimum Gasteiger partial charge on any atom is -0.392 e. The van der Waals surface area contributed by atoms with E-state index in [2.05, 4.69) is 12.0 Å². The van der Waals surface area contributed by atoms with Crippen molar-refractivity contribution >= 4 is 11.6 Å². The molecule has 106 valence electrons. The molecule has 1 N–H and O–H groups in total. The van der Waals surface area contributed by atoms with Crippen LogP contribution in [0, 0.1) is 17.8 Å². The molecule has 0 radical (unpaired) electrons. The second-order valence-electron chi connectivity index (χ2n) is 6.29. The van der Waals surface area contributed by atoms with Gasteiger partial charge in [0.2, 0.25) is 0 Å². The summed E-state index contributed by atoms with van der Waals surface area (Å²) < 4.78 is 1.84. The SMILES string of the molecule is CCc1nn(C)c(CC(O)C2CC3CCC2C3)c1Cl. The molecule has 2 bridgehead atoms. The lowest BCUT2D eigenvalue weighted by Gasteiger charge is -2.26. The van der Waals surface area contributed by atoms with Crippen molar-refractivity contribution in [2.75, 3.05) is 0 Å². The van der Waals surface area contributed by atoms with Crippen molar-refractivity contribution in [3.8, 4) is 0 Å². The first-order valence-electron chi connectivity index (χ1n) is 7.48. The van der Waals surface area contributed by atoms with E-state index in [0.29, 0.717) is 12.3 Å². The third-order valence-electron chi connectivity index (χ3n) is 5.19. The first-order chi connectivity index (χ1) is 9.10. The molecule has 2 aliphatic carbocycles. The third-order valence-corrected chi connectivity index (χ3v) is 5.63. The van der Waals surface area contributed by atoms with Crippen LogP contribution >= 0.6 is 11.6 Å². The van der Waals surface area contributed by atoms with Gasteiger partial charge >= 0.3 is 0 Å². The normalized spacial score (nSPS) is 31.1. The second-order valence-corrected chi connectivity index (χ2v) is 6.67. The fourth-order valence-corrected chi connectivity index (χ4v) is 4.53. The van der Waals surface area contributed by atoms with E-state index in [4.69, 9.17) is 11.6 Å². The zero-order valence-electron chi connectivity index (χ0n) is 11.8. The number of aromatic nitrogens is 2. The Balaban J connectivity index is 1.73. The van der Waals surface area contributed by atoms with Gasteiger partial charge in [-0.1, -0.05) is 24.9 Å². The van der Waals surface area contributed by atoms with Crippen molar-refractivity contribution in [2.45, 2.75) is 51.6 Å². The Morgan fingerprint density at radius 1 is 1.42 bits per heavy atom. The molecule has 0 amide bonds. The number of rotatable bonds is 4. The van der Waals surface area contributed by atoms with E-state index in [1.807, 2.05) is 11.7 Å². The predicted octanol–water partition coefficient (Wildman–Crippen LogP) is 2.98. The van der Waals surface area contributed by atoms with Gasteiger partial charge in [-0.2, -0.15) is 5.10 Å². The molecule has 3 rings (SSSR count). The van der Waals surface area contributed by atoms with Crippen molar-refractivity contribution in [2.24, 2.45) is 24.8 Å². The van der Waals surface area contributed by atoms with Crippen LogP contribution in [0.3, 0.4) is 0 Å². The fraction of sp³-hybridized carbons (Fsp3) is 0.800. The van der Waals surface area contributed by atoms with Gasteiger partial charge in [-0.3, -0.25) is 4.68 Å². The van der Waals surface area contributed by atoms with Crippen LogP contribution in [0.25, 0.3) is 0 Å². The number of fused-ring (bicyclic) bond motifs is 2. The van der Waals surface area contributed by atoms with Gasteiger partial charge in [0.1, 0.15) is 0 Å². The maximum atomic E-state index is 10.6. The number of aliphatic hydroxyl groups excluding tert-OH is 1. The highest BCUT2D eigenvalue weighted by Gasteiger charge is 2.42. The van der Waals surface area contributed by atoms with Gasteiger partial charge in [-0.15, -0.1) is 0 Å². The molecule has 0 aliphatic heterocycles. The number of aliphatic hydroxyl groups is 1. The highest BCUT2D eigenvalue weighted by Crippen LogP contribution is 2.50. The van der Waals surface area contributed by atoms with E-state index in [1.165, 1.54) is 25.7 Å². The molecule has 4 atom stereocenters. The fourth-order valence-electron chi connectivity index (χ4n) is 4.16. The van der Waals surface area contributed by atoms with Crippen LogP contribution in [0.1, 0.15) is 44.0 Å². The summed E-state index contributed by atoms with van der Waals surface area (Å²) >= 11 is 6.37. The Hall–Kier alpha value is -0.540. The Labute approximate surface area is 120 Å². The summed E-state index contributed by atoms with van der Waals surface area (Å²) in [4.78, 5) is 0. The average Bonchev–Trinajstić information content (AvgIpc) is 3.08. The minimum absolute atomic E-state index is 0.257. The molecule has 1 heterocycles. The number of halogens is 1. The highest BCUT2D eigenvalue weighted by atomic mass is 35.5. The van der Waals surface area contributed by atoms with Gasteiger partial charge in [0.15, 0.2) is 0 Å². The van der Waals surface area contributed by atoms with Crippen LogP contribution < -0.4 is 0 Å². The van der Waals surface area contributed by atoms with Gasteiger partial charge in [-0.05, 0) is 43.4 Å². The van der Waals surface area contributed by atoms with Crippen molar-refractivity contribution in [1.82, 2.24) is 9.78 Å². The largest absolute Gasteiger partial charge is 0.392 e. The van der Waals surface area contributed by atoms with Gasteiger partial charge in [0.25, 0.3) is 0 Å². The van der Waals surface area contributed by atoms with E-state index in [-0.39, 0.29) is 6.10 Å². The first kappa shape index (κ1) is 13.4. The van der Waals surface area contributed by atoms with Crippen LogP contribution in [0.15, 0.2) is 0 Å². The summed E-state index contributed by atoms with van der Waals surface area (Å²) in [5, 5.41) is 15.7. The molecule has 3 nitrogen and oxygen atoms in total. The smallest absolute Gasteiger partial charge is 0.0850 e. The zero-order valence-corrected chi connectivity index (χ0v) is 12.5. The number of nitrogens with zero attached hydrogens (tertiary/aromatic N) is 2. The summed E-state index contributed by atoms with van der Waals surface area (Å²) in [6.07, 6.45) is 6.47. The van der Waals surface area contributed by atoms with Crippen LogP contribution in [0.4, 0.5) is 0 Å². The molecule has 0 saturated heterocycles.